The second-order valence-electron chi connectivity index (χ2n) is 1.03. The lowest BCUT2D eigenvalue weighted by molar-refractivity contribution is 0.272. The standard InChI is InChI=1S/Mg.2H3N.2H3O4P.2H/c;;;2*1-5(2,3)4;;/h;2*1H3;2*(H3,1,2,3,4);;. The van der Waals surface area contributed by atoms with E-state index in [0.717, 1.165) is 0 Å². The van der Waals surface area contributed by atoms with Gasteiger partial charge in [-0.05, 0) is 0 Å². The number of hydrogen-bond donors (Lipinski definition) is 8. The van der Waals surface area contributed by atoms with E-state index in [9.17, 15) is 0 Å². The molecule has 0 aromatic carbocycles. The molecule has 0 aromatic rings. The Balaban J connectivity index is -0.0000000267. The van der Waals surface area contributed by atoms with Gasteiger partial charge in [0.15, 0.2) is 0 Å². The zero-order valence-corrected chi connectivity index (χ0v) is 7.60. The summed E-state index contributed by atoms with van der Waals surface area (Å²) < 4.78 is 17.8. The molecule has 0 bridgehead atoms. The van der Waals surface area contributed by atoms with Crippen LogP contribution in [0.4, 0.5) is 0 Å². The van der Waals surface area contributed by atoms with Gasteiger partial charge in [0.25, 0.3) is 0 Å². The quantitative estimate of drug-likeness (QED) is 0.168. The van der Waals surface area contributed by atoms with Crippen molar-refractivity contribution >= 4 is 38.7 Å². The monoisotopic (exact) mass is 256 g/mol. The molecule has 0 amide bonds. The van der Waals surface area contributed by atoms with E-state index >= 15 is 0 Å². The Morgan fingerprint density at radius 3 is 0.615 bits per heavy atom. The SMILES string of the molecule is N.N.O=P(O)(O)O.O=P(O)(O)O.[MgH2]. The fourth-order valence-corrected chi connectivity index (χ4v) is 0. The van der Waals surface area contributed by atoms with Crippen molar-refractivity contribution in [3.05, 3.63) is 0 Å². The summed E-state index contributed by atoms with van der Waals surface area (Å²) in [5, 5.41) is 0. The molecule has 0 unspecified atom stereocenters. The summed E-state index contributed by atoms with van der Waals surface area (Å²) in [6.45, 7) is 0. The number of hydrogen-bond acceptors (Lipinski definition) is 4. The predicted octanol–water partition coefficient (Wildman–Crippen LogP) is -2.45. The molecule has 0 aliphatic carbocycles. The summed E-state index contributed by atoms with van der Waals surface area (Å²) >= 11 is 0. The second kappa shape index (κ2) is 11.0. The largest absolute Gasteiger partial charge is 0.466 e. The van der Waals surface area contributed by atoms with Crippen molar-refractivity contribution in [1.82, 2.24) is 12.3 Å². The fourth-order valence-electron chi connectivity index (χ4n) is 0. The molecule has 0 heterocycles. The van der Waals surface area contributed by atoms with Crippen molar-refractivity contribution < 1.29 is 38.5 Å². The van der Waals surface area contributed by atoms with Gasteiger partial charge in [-0.3, -0.25) is 0 Å². The van der Waals surface area contributed by atoms with Crippen LogP contribution in [0.25, 0.3) is 0 Å². The van der Waals surface area contributed by atoms with E-state index < -0.39 is 15.6 Å². The molecule has 0 aliphatic heterocycles. The molecule has 13 heteroatoms. The molecule has 0 radical (unpaired) electrons. The maximum absolute atomic E-state index is 8.88. The maximum Gasteiger partial charge on any atom is 0.466 e. The molecule has 0 spiro atoms. The van der Waals surface area contributed by atoms with Crippen molar-refractivity contribution in [1.29, 1.82) is 0 Å². The molecular formula is H14MgN2O8P2. The highest BCUT2D eigenvalue weighted by molar-refractivity contribution is 7.45. The zero-order chi connectivity index (χ0) is 9.00. The van der Waals surface area contributed by atoms with E-state index in [0.29, 0.717) is 0 Å². The van der Waals surface area contributed by atoms with Crippen LogP contribution in [0.1, 0.15) is 0 Å². The Labute approximate surface area is 89.8 Å². The van der Waals surface area contributed by atoms with Crippen LogP contribution in [0, 0.1) is 0 Å². The van der Waals surface area contributed by atoms with Crippen molar-refractivity contribution in [2.75, 3.05) is 0 Å². The average molecular weight is 256 g/mol. The summed E-state index contributed by atoms with van der Waals surface area (Å²) in [6, 6.07) is 0. The van der Waals surface area contributed by atoms with Crippen LogP contribution in [0.15, 0.2) is 0 Å². The van der Waals surface area contributed by atoms with Gasteiger partial charge in [0.05, 0.1) is 0 Å². The second-order valence-corrected chi connectivity index (χ2v) is 3.08. The molecule has 0 aliphatic rings. The first kappa shape index (κ1) is 29.2. The van der Waals surface area contributed by atoms with E-state index in [-0.39, 0.29) is 35.4 Å². The molecule has 0 saturated carbocycles. The molecule has 0 rings (SSSR count). The van der Waals surface area contributed by atoms with Gasteiger partial charge in [0.1, 0.15) is 0 Å². The van der Waals surface area contributed by atoms with Crippen LogP contribution < -0.4 is 12.3 Å². The van der Waals surface area contributed by atoms with Crippen molar-refractivity contribution in [3.8, 4) is 0 Å². The minimum Gasteiger partial charge on any atom is -0.344 e. The Morgan fingerprint density at radius 1 is 0.615 bits per heavy atom. The normalized spacial score (nSPS) is 9.08. The Hall–Kier alpha value is 0.906. The van der Waals surface area contributed by atoms with Gasteiger partial charge in [-0.2, -0.15) is 0 Å². The van der Waals surface area contributed by atoms with E-state index in [1.54, 1.807) is 0 Å². The third-order valence-corrected chi connectivity index (χ3v) is 0. The van der Waals surface area contributed by atoms with Crippen LogP contribution in [-0.2, 0) is 9.13 Å². The molecule has 0 atom stereocenters. The molecule has 0 saturated heterocycles. The van der Waals surface area contributed by atoms with Crippen molar-refractivity contribution in [2.24, 2.45) is 0 Å². The first-order valence-corrected chi connectivity index (χ1v) is 4.70. The number of phosphoric acid groups is 2. The van der Waals surface area contributed by atoms with Crippen molar-refractivity contribution in [2.45, 2.75) is 0 Å². The summed E-state index contributed by atoms with van der Waals surface area (Å²) in [4.78, 5) is 43.1. The average Bonchev–Trinajstić information content (AvgIpc) is 1.12. The summed E-state index contributed by atoms with van der Waals surface area (Å²) in [5.74, 6) is 0. The number of rotatable bonds is 0. The highest BCUT2D eigenvalue weighted by Gasteiger charge is 2.00. The predicted molar refractivity (Wildman–Crippen MR) is 47.1 cm³/mol. The molecule has 0 aromatic heterocycles. The maximum atomic E-state index is 8.88. The molecular weight excluding hydrogens is 242 g/mol. The highest BCUT2D eigenvalue weighted by Crippen LogP contribution is 2.26. The summed E-state index contributed by atoms with van der Waals surface area (Å²) in [5.41, 5.74) is 0. The van der Waals surface area contributed by atoms with Crippen LogP contribution in [0.2, 0.25) is 0 Å². The van der Waals surface area contributed by atoms with E-state index in [4.69, 9.17) is 38.5 Å². The first-order valence-electron chi connectivity index (χ1n) is 1.57. The Kier molecular flexibility index (Phi) is 24.7. The van der Waals surface area contributed by atoms with E-state index in [2.05, 4.69) is 0 Å². The minimum atomic E-state index is -4.64. The minimum absolute atomic E-state index is 0. The smallest absolute Gasteiger partial charge is 0.344 e. The molecule has 13 heavy (non-hydrogen) atoms. The van der Waals surface area contributed by atoms with Gasteiger partial charge in [0.2, 0.25) is 0 Å². The van der Waals surface area contributed by atoms with Crippen molar-refractivity contribution in [3.63, 3.8) is 0 Å². The fraction of sp³-hybridized carbons (Fsp3) is 0. The van der Waals surface area contributed by atoms with E-state index in [1.165, 1.54) is 0 Å². The summed E-state index contributed by atoms with van der Waals surface area (Å²) in [7, 11) is -9.28. The summed E-state index contributed by atoms with van der Waals surface area (Å²) in [6.07, 6.45) is 0. The zero-order valence-electron chi connectivity index (χ0n) is 5.81. The van der Waals surface area contributed by atoms with Crippen LogP contribution >= 0.6 is 15.6 Å². The molecule has 10 nitrogen and oxygen atoms in total. The Morgan fingerprint density at radius 2 is 0.615 bits per heavy atom. The topological polar surface area (TPSA) is 226 Å². The molecule has 0 fully saturated rings. The highest BCUT2D eigenvalue weighted by atomic mass is 31.2. The lowest BCUT2D eigenvalue weighted by Gasteiger charge is -1.82. The lowest BCUT2D eigenvalue weighted by atomic mass is 14.0. The van der Waals surface area contributed by atoms with Gasteiger partial charge < -0.3 is 41.7 Å². The van der Waals surface area contributed by atoms with Gasteiger partial charge in [-0.1, -0.05) is 0 Å². The lowest BCUT2D eigenvalue weighted by Crippen LogP contribution is -1.66. The van der Waals surface area contributed by atoms with Gasteiger partial charge in [-0.15, -0.1) is 0 Å². The molecule has 12 N–H and O–H groups in total. The first-order chi connectivity index (χ1) is 4.00. The van der Waals surface area contributed by atoms with Gasteiger partial charge >= 0.3 is 38.7 Å². The van der Waals surface area contributed by atoms with Gasteiger partial charge in [0, 0.05) is 0 Å². The third-order valence-electron chi connectivity index (χ3n) is 0. The van der Waals surface area contributed by atoms with Crippen LogP contribution in [-0.4, -0.2) is 52.4 Å². The molecule has 84 valence electrons. The van der Waals surface area contributed by atoms with Gasteiger partial charge in [-0.25, -0.2) is 9.13 Å². The van der Waals surface area contributed by atoms with E-state index in [1.807, 2.05) is 0 Å². The third kappa shape index (κ3) is 1870. The van der Waals surface area contributed by atoms with Crippen LogP contribution in [0.5, 0.6) is 0 Å². The Bertz CT molecular complexity index is 132. The van der Waals surface area contributed by atoms with Crippen LogP contribution in [0.3, 0.4) is 0 Å².